The minimum atomic E-state index is -0.437. The Kier molecular flexibility index (Phi) is 8.49. The number of hydrogen-bond donors (Lipinski definition) is 1. The average Bonchev–Trinajstić information content (AvgIpc) is 2.21. The van der Waals surface area contributed by atoms with E-state index in [9.17, 15) is 9.90 Å². The summed E-state index contributed by atoms with van der Waals surface area (Å²) < 4.78 is 0. The van der Waals surface area contributed by atoms with Crippen molar-refractivity contribution in [1.82, 2.24) is 0 Å². The molecule has 0 amide bonds. The molecule has 0 bridgehead atoms. The third-order valence-corrected chi connectivity index (χ3v) is 3.15. The van der Waals surface area contributed by atoms with E-state index in [-0.39, 0.29) is 11.2 Å². The van der Waals surface area contributed by atoms with E-state index in [4.69, 9.17) is 0 Å². The number of unbranched alkanes of at least 4 members (excludes halogenated alkanes) is 5. The fraction of sp³-hybridized carbons (Fsp3) is 0.933. The molecule has 0 aromatic heterocycles. The van der Waals surface area contributed by atoms with Gasteiger partial charge in [-0.25, -0.2) is 0 Å². The van der Waals surface area contributed by atoms with E-state index in [1.54, 1.807) is 0 Å². The zero-order valence-corrected chi connectivity index (χ0v) is 12.1. The summed E-state index contributed by atoms with van der Waals surface area (Å²) in [6.07, 6.45) is 8.01. The van der Waals surface area contributed by atoms with Crippen LogP contribution in [0.25, 0.3) is 0 Å². The van der Waals surface area contributed by atoms with Crippen LogP contribution in [0, 0.1) is 5.41 Å². The van der Waals surface area contributed by atoms with Gasteiger partial charge < -0.3 is 5.11 Å². The summed E-state index contributed by atoms with van der Waals surface area (Å²) in [6.45, 7) is 7.94. The molecule has 0 aliphatic carbocycles. The topological polar surface area (TPSA) is 37.3 Å². The van der Waals surface area contributed by atoms with E-state index in [0.29, 0.717) is 6.42 Å². The zero-order chi connectivity index (χ0) is 13.3. The maximum Gasteiger partial charge on any atom is 0.140 e. The van der Waals surface area contributed by atoms with Crippen molar-refractivity contribution >= 4 is 5.78 Å². The fourth-order valence-corrected chi connectivity index (χ4v) is 1.78. The lowest BCUT2D eigenvalue weighted by atomic mass is 9.87. The lowest BCUT2D eigenvalue weighted by Crippen LogP contribution is -2.25. The van der Waals surface area contributed by atoms with Gasteiger partial charge in [0.25, 0.3) is 0 Å². The summed E-state index contributed by atoms with van der Waals surface area (Å²) in [5.41, 5.74) is -0.317. The normalized spacial score (nSPS) is 13.7. The summed E-state index contributed by atoms with van der Waals surface area (Å²) in [7, 11) is 0. The predicted molar refractivity (Wildman–Crippen MR) is 73.1 cm³/mol. The smallest absolute Gasteiger partial charge is 0.140 e. The van der Waals surface area contributed by atoms with Gasteiger partial charge in [-0.15, -0.1) is 0 Å². The van der Waals surface area contributed by atoms with Gasteiger partial charge in [0.05, 0.1) is 6.10 Å². The van der Waals surface area contributed by atoms with E-state index in [2.05, 4.69) is 6.92 Å². The number of ketones is 1. The maximum absolute atomic E-state index is 11.7. The Morgan fingerprint density at radius 1 is 1.06 bits per heavy atom. The number of rotatable bonds is 9. The first-order valence-corrected chi connectivity index (χ1v) is 7.09. The zero-order valence-electron chi connectivity index (χ0n) is 12.1. The number of hydrogen-bond acceptors (Lipinski definition) is 2. The summed E-state index contributed by atoms with van der Waals surface area (Å²) in [6, 6.07) is 0. The first kappa shape index (κ1) is 16.6. The summed E-state index contributed by atoms with van der Waals surface area (Å²) in [5.74, 6) is 0.163. The van der Waals surface area contributed by atoms with Crippen LogP contribution in [-0.2, 0) is 4.79 Å². The minimum absolute atomic E-state index is 0.163. The van der Waals surface area contributed by atoms with E-state index in [0.717, 1.165) is 12.8 Å². The van der Waals surface area contributed by atoms with Gasteiger partial charge in [0.2, 0.25) is 0 Å². The van der Waals surface area contributed by atoms with Gasteiger partial charge in [0.15, 0.2) is 0 Å². The molecule has 1 N–H and O–H groups in total. The van der Waals surface area contributed by atoms with Crippen LogP contribution in [0.4, 0.5) is 0 Å². The predicted octanol–water partition coefficient (Wildman–Crippen LogP) is 4.10. The van der Waals surface area contributed by atoms with Gasteiger partial charge in [-0.2, -0.15) is 0 Å². The second-order valence-electron chi connectivity index (χ2n) is 6.09. The molecular weight excluding hydrogens is 212 g/mol. The van der Waals surface area contributed by atoms with Crippen molar-refractivity contribution in [3.63, 3.8) is 0 Å². The minimum Gasteiger partial charge on any atom is -0.393 e. The Bertz CT molecular complexity index is 203. The van der Waals surface area contributed by atoms with Gasteiger partial charge in [-0.1, -0.05) is 66.2 Å². The molecule has 2 heteroatoms. The average molecular weight is 242 g/mol. The fourth-order valence-electron chi connectivity index (χ4n) is 1.78. The van der Waals surface area contributed by atoms with Gasteiger partial charge in [0.1, 0.15) is 5.78 Å². The number of aliphatic hydroxyl groups is 1. The summed E-state index contributed by atoms with van der Waals surface area (Å²) in [4.78, 5) is 11.7. The molecular formula is C15H30O2. The third kappa shape index (κ3) is 9.34. The number of Topliss-reactive ketones (excluding diaryl/α,β-unsaturated/α-hetero) is 1. The highest BCUT2D eigenvalue weighted by molar-refractivity contribution is 5.83. The second kappa shape index (κ2) is 8.68. The number of carbonyl (C=O) groups excluding carboxylic acids is 1. The van der Waals surface area contributed by atoms with Crippen LogP contribution in [0.2, 0.25) is 0 Å². The Morgan fingerprint density at radius 3 is 2.12 bits per heavy atom. The molecule has 2 nitrogen and oxygen atoms in total. The SMILES string of the molecule is CCCCCCCC[C@@H](O)CC(=O)C(C)(C)C. The summed E-state index contributed by atoms with van der Waals surface area (Å²) in [5, 5.41) is 9.76. The molecule has 0 heterocycles. The van der Waals surface area contributed by atoms with Gasteiger partial charge in [-0.05, 0) is 6.42 Å². The lowest BCUT2D eigenvalue weighted by Gasteiger charge is -2.19. The Hall–Kier alpha value is -0.370. The highest BCUT2D eigenvalue weighted by atomic mass is 16.3. The molecule has 0 aromatic rings. The Morgan fingerprint density at radius 2 is 1.59 bits per heavy atom. The third-order valence-electron chi connectivity index (χ3n) is 3.15. The quantitative estimate of drug-likeness (QED) is 0.618. The van der Waals surface area contributed by atoms with Gasteiger partial charge >= 0.3 is 0 Å². The molecule has 0 fully saturated rings. The lowest BCUT2D eigenvalue weighted by molar-refractivity contribution is -0.128. The standard InChI is InChI=1S/C15H30O2/c1-5-6-7-8-9-10-11-13(16)12-14(17)15(2,3)4/h13,16H,5-12H2,1-4H3/t13-/m1/s1. The number of aliphatic hydroxyl groups excluding tert-OH is 1. The monoisotopic (exact) mass is 242 g/mol. The molecule has 0 spiro atoms. The largest absolute Gasteiger partial charge is 0.393 e. The molecule has 0 aliphatic rings. The van der Waals surface area contributed by atoms with Crippen LogP contribution in [0.15, 0.2) is 0 Å². The molecule has 0 saturated carbocycles. The van der Waals surface area contributed by atoms with E-state index in [1.165, 1.54) is 32.1 Å². The van der Waals surface area contributed by atoms with Gasteiger partial charge in [-0.3, -0.25) is 4.79 Å². The van der Waals surface area contributed by atoms with Crippen LogP contribution < -0.4 is 0 Å². The Balaban J connectivity index is 3.53. The van der Waals surface area contributed by atoms with Crippen molar-refractivity contribution in [2.75, 3.05) is 0 Å². The second-order valence-corrected chi connectivity index (χ2v) is 6.09. The summed E-state index contributed by atoms with van der Waals surface area (Å²) >= 11 is 0. The molecule has 0 rings (SSSR count). The van der Waals surface area contributed by atoms with E-state index in [1.807, 2.05) is 20.8 Å². The first-order valence-electron chi connectivity index (χ1n) is 7.09. The van der Waals surface area contributed by atoms with Crippen LogP contribution >= 0.6 is 0 Å². The first-order chi connectivity index (χ1) is 7.88. The highest BCUT2D eigenvalue weighted by Crippen LogP contribution is 2.19. The molecule has 0 aliphatic heterocycles. The van der Waals surface area contributed by atoms with Crippen LogP contribution in [0.5, 0.6) is 0 Å². The van der Waals surface area contributed by atoms with Crippen molar-refractivity contribution in [3.05, 3.63) is 0 Å². The molecule has 102 valence electrons. The maximum atomic E-state index is 11.7. The van der Waals surface area contributed by atoms with Crippen LogP contribution in [0.3, 0.4) is 0 Å². The van der Waals surface area contributed by atoms with E-state index < -0.39 is 6.10 Å². The number of carbonyl (C=O) groups is 1. The molecule has 0 unspecified atom stereocenters. The highest BCUT2D eigenvalue weighted by Gasteiger charge is 2.23. The molecule has 0 radical (unpaired) electrons. The molecule has 1 atom stereocenters. The van der Waals surface area contributed by atoms with Crippen molar-refractivity contribution in [3.8, 4) is 0 Å². The van der Waals surface area contributed by atoms with E-state index >= 15 is 0 Å². The van der Waals surface area contributed by atoms with Crippen molar-refractivity contribution in [2.45, 2.75) is 85.2 Å². The van der Waals surface area contributed by atoms with Crippen molar-refractivity contribution in [1.29, 1.82) is 0 Å². The van der Waals surface area contributed by atoms with Crippen molar-refractivity contribution < 1.29 is 9.90 Å². The van der Waals surface area contributed by atoms with Crippen molar-refractivity contribution in [2.24, 2.45) is 5.41 Å². The molecule has 17 heavy (non-hydrogen) atoms. The van der Waals surface area contributed by atoms with Gasteiger partial charge in [0, 0.05) is 11.8 Å². The Labute approximate surface area is 107 Å². The van der Waals surface area contributed by atoms with Crippen LogP contribution in [-0.4, -0.2) is 17.0 Å². The van der Waals surface area contributed by atoms with Crippen LogP contribution in [0.1, 0.15) is 79.1 Å². The molecule has 0 saturated heterocycles. The molecule has 0 aromatic carbocycles.